The molecule has 4 aromatic rings. The van der Waals surface area contributed by atoms with Gasteiger partial charge in [0, 0.05) is 43.9 Å². The number of hydrogen-bond acceptors (Lipinski definition) is 9. The van der Waals surface area contributed by atoms with Crippen molar-refractivity contribution < 1.29 is 13.9 Å². The summed E-state index contributed by atoms with van der Waals surface area (Å²) in [6, 6.07) is 2.61. The van der Waals surface area contributed by atoms with Crippen molar-refractivity contribution in [2.24, 2.45) is 0 Å². The van der Waals surface area contributed by atoms with Gasteiger partial charge in [-0.25, -0.2) is 18.7 Å². The number of aromatic nitrogens is 7. The van der Waals surface area contributed by atoms with E-state index in [4.69, 9.17) is 9.72 Å². The molecule has 2 atom stereocenters. The van der Waals surface area contributed by atoms with Crippen molar-refractivity contribution >= 4 is 22.8 Å². The minimum atomic E-state index is -0.644. The first-order chi connectivity index (χ1) is 19.7. The van der Waals surface area contributed by atoms with Gasteiger partial charge in [-0.3, -0.25) is 9.78 Å². The number of halogens is 1. The lowest BCUT2D eigenvalue weighted by atomic mass is 10.1. The van der Waals surface area contributed by atoms with Gasteiger partial charge >= 0.3 is 5.69 Å². The molecule has 6 rings (SSSR count). The molecule has 2 aliphatic rings. The molecule has 2 aliphatic heterocycles. The number of amides is 1. The largest absolute Gasteiger partial charge is 0.491 e. The molecule has 0 aromatic carbocycles. The normalized spacial score (nSPS) is 18.6. The first-order valence-corrected chi connectivity index (χ1v) is 13.5. The summed E-state index contributed by atoms with van der Waals surface area (Å²) < 4.78 is 24.7. The molecule has 13 heteroatoms. The summed E-state index contributed by atoms with van der Waals surface area (Å²) in [6.45, 7) is 12.4. The molecule has 6 heterocycles. The van der Waals surface area contributed by atoms with E-state index >= 15 is 4.39 Å². The molecular formula is C28H30FN9O3. The van der Waals surface area contributed by atoms with Crippen LogP contribution in [0.5, 0.6) is 5.75 Å². The van der Waals surface area contributed by atoms with Gasteiger partial charge in [0.1, 0.15) is 17.3 Å². The summed E-state index contributed by atoms with van der Waals surface area (Å²) >= 11 is 0. The Morgan fingerprint density at radius 2 is 1.95 bits per heavy atom. The number of carbonyl (C=O) groups is 1. The fourth-order valence-electron chi connectivity index (χ4n) is 5.81. The smallest absolute Gasteiger partial charge is 0.356 e. The fraction of sp³-hybridized carbons (Fsp3) is 0.393. The summed E-state index contributed by atoms with van der Waals surface area (Å²) in [5.74, 6) is -0.248. The predicted octanol–water partition coefficient (Wildman–Crippen LogP) is 2.57. The van der Waals surface area contributed by atoms with Gasteiger partial charge in [-0.2, -0.15) is 9.67 Å². The van der Waals surface area contributed by atoms with E-state index in [0.29, 0.717) is 47.7 Å². The number of piperazine rings is 1. The Hall–Kier alpha value is -4.68. The van der Waals surface area contributed by atoms with Gasteiger partial charge in [-0.15, -0.1) is 5.10 Å². The molecule has 212 valence electrons. The number of hydrogen-bond donors (Lipinski definition) is 0. The Balaban J connectivity index is 1.65. The molecule has 1 amide bonds. The van der Waals surface area contributed by atoms with Crippen molar-refractivity contribution in [2.45, 2.75) is 52.1 Å². The number of anilines is 1. The van der Waals surface area contributed by atoms with Crippen molar-refractivity contribution in [3.8, 4) is 17.3 Å². The fourth-order valence-corrected chi connectivity index (χ4v) is 5.81. The summed E-state index contributed by atoms with van der Waals surface area (Å²) in [5.41, 5.74) is 1.21. The summed E-state index contributed by atoms with van der Waals surface area (Å²) in [5, 5.41) is 8.37. The van der Waals surface area contributed by atoms with E-state index in [-0.39, 0.29) is 47.8 Å². The zero-order valence-electron chi connectivity index (χ0n) is 23.3. The lowest BCUT2D eigenvalue weighted by Crippen LogP contribution is -2.58. The van der Waals surface area contributed by atoms with Gasteiger partial charge < -0.3 is 14.5 Å². The molecule has 0 aliphatic carbocycles. The van der Waals surface area contributed by atoms with Crippen LogP contribution in [0.3, 0.4) is 0 Å². The average Bonchev–Trinajstić information content (AvgIpc) is 3.39. The molecule has 1 saturated heterocycles. The van der Waals surface area contributed by atoms with Crippen LogP contribution >= 0.6 is 0 Å². The van der Waals surface area contributed by atoms with Crippen LogP contribution in [0, 0.1) is 5.82 Å². The Bertz CT molecular complexity index is 1740. The Morgan fingerprint density at radius 3 is 2.66 bits per heavy atom. The molecule has 12 nitrogen and oxygen atoms in total. The third kappa shape index (κ3) is 4.32. The highest BCUT2D eigenvalue weighted by Gasteiger charge is 2.34. The highest BCUT2D eigenvalue weighted by molar-refractivity contribution is 5.90. The Kier molecular flexibility index (Phi) is 6.51. The van der Waals surface area contributed by atoms with E-state index in [1.54, 1.807) is 17.2 Å². The number of fused-ring (bicyclic) bond motifs is 5. The van der Waals surface area contributed by atoms with Gasteiger partial charge in [-0.1, -0.05) is 25.6 Å². The molecule has 41 heavy (non-hydrogen) atoms. The van der Waals surface area contributed by atoms with Gasteiger partial charge in [0.05, 0.1) is 29.6 Å². The van der Waals surface area contributed by atoms with Crippen LogP contribution in [0.2, 0.25) is 0 Å². The van der Waals surface area contributed by atoms with Crippen LogP contribution in [-0.4, -0.2) is 77.1 Å². The Morgan fingerprint density at radius 1 is 1.20 bits per heavy atom. The molecule has 0 N–H and O–H groups in total. The van der Waals surface area contributed by atoms with Crippen LogP contribution in [0.4, 0.5) is 10.2 Å². The van der Waals surface area contributed by atoms with E-state index in [1.807, 2.05) is 32.6 Å². The maximum Gasteiger partial charge on any atom is 0.356 e. The standard InChI is InChI=1S/C28H30FN9O3/c1-6-22(39)36-16(4)13-35(14-17(36)5)25-19-11-20(29)27-32-26(19)37(28(40)33-25)24-21(7-9-30-23(24)15(2)3)41-10-8-18-12-31-34-38(18)27/h6-7,9,11-12,15-17H,1,8,10,13-14H2,2-5H3. The first kappa shape index (κ1) is 26.5. The number of ether oxygens (including phenoxy) is 1. The molecule has 2 bridgehead atoms. The van der Waals surface area contributed by atoms with Crippen molar-refractivity contribution in [3.05, 3.63) is 64.9 Å². The van der Waals surface area contributed by atoms with Crippen molar-refractivity contribution in [1.82, 2.24) is 39.4 Å². The predicted molar refractivity (Wildman–Crippen MR) is 149 cm³/mol. The van der Waals surface area contributed by atoms with Crippen LogP contribution in [0.15, 0.2) is 42.0 Å². The third-order valence-electron chi connectivity index (χ3n) is 7.55. The van der Waals surface area contributed by atoms with Gasteiger partial charge in [0.15, 0.2) is 17.3 Å². The highest BCUT2D eigenvalue weighted by atomic mass is 19.1. The Labute approximate surface area is 235 Å². The zero-order chi connectivity index (χ0) is 29.0. The molecule has 2 unspecified atom stereocenters. The monoisotopic (exact) mass is 559 g/mol. The minimum absolute atomic E-state index is 0.0722. The number of rotatable bonds is 3. The molecule has 1 fully saturated rings. The van der Waals surface area contributed by atoms with Gasteiger partial charge in [-0.05, 0) is 31.9 Å². The van der Waals surface area contributed by atoms with Crippen LogP contribution in [0.1, 0.15) is 45.0 Å². The number of nitrogens with zero attached hydrogens (tertiary/aromatic N) is 9. The quantitative estimate of drug-likeness (QED) is 0.348. The number of carbonyl (C=O) groups excluding carboxylic acids is 1. The highest BCUT2D eigenvalue weighted by Crippen LogP contribution is 2.35. The van der Waals surface area contributed by atoms with Gasteiger partial charge in [0.2, 0.25) is 5.91 Å². The average molecular weight is 560 g/mol. The second kappa shape index (κ2) is 10.1. The van der Waals surface area contributed by atoms with Crippen molar-refractivity contribution in [1.29, 1.82) is 0 Å². The van der Waals surface area contributed by atoms with E-state index in [0.717, 1.165) is 0 Å². The maximum atomic E-state index is 15.9. The molecule has 0 saturated carbocycles. The topological polar surface area (TPSA) is 124 Å². The molecule has 4 aromatic heterocycles. The van der Waals surface area contributed by atoms with Crippen molar-refractivity contribution in [2.75, 3.05) is 24.6 Å². The molecule has 0 radical (unpaired) electrons. The lowest BCUT2D eigenvalue weighted by molar-refractivity contribution is -0.130. The SMILES string of the molecule is C=CC(=O)N1C(C)CN(c2nc(=O)n3c4nc(c(F)cc24)-n2nncc2CCOc2ccnc(C(C)C)c2-3)CC1C. The lowest BCUT2D eigenvalue weighted by Gasteiger charge is -2.44. The third-order valence-corrected chi connectivity index (χ3v) is 7.55. The van der Waals surface area contributed by atoms with Crippen LogP contribution in [-0.2, 0) is 11.2 Å². The first-order valence-electron chi connectivity index (χ1n) is 13.5. The summed E-state index contributed by atoms with van der Waals surface area (Å²) in [4.78, 5) is 43.9. The summed E-state index contributed by atoms with van der Waals surface area (Å²) in [6.07, 6.45) is 4.85. The zero-order valence-corrected chi connectivity index (χ0v) is 23.3. The van der Waals surface area contributed by atoms with Crippen LogP contribution in [0.25, 0.3) is 22.5 Å². The minimum Gasteiger partial charge on any atom is -0.491 e. The van der Waals surface area contributed by atoms with E-state index < -0.39 is 11.5 Å². The molecule has 0 spiro atoms. The van der Waals surface area contributed by atoms with Gasteiger partial charge in [0.25, 0.3) is 0 Å². The second-order valence-corrected chi connectivity index (χ2v) is 10.7. The van der Waals surface area contributed by atoms with E-state index in [9.17, 15) is 9.59 Å². The maximum absolute atomic E-state index is 15.9. The molecular weight excluding hydrogens is 529 g/mol. The van der Waals surface area contributed by atoms with Crippen molar-refractivity contribution in [3.63, 3.8) is 0 Å². The number of pyridine rings is 2. The van der Waals surface area contributed by atoms with Crippen LogP contribution < -0.4 is 15.3 Å². The summed E-state index contributed by atoms with van der Waals surface area (Å²) in [7, 11) is 0. The second-order valence-electron chi connectivity index (χ2n) is 10.7. The van der Waals surface area contributed by atoms with E-state index in [1.165, 1.54) is 27.6 Å². The van der Waals surface area contributed by atoms with E-state index in [2.05, 4.69) is 26.9 Å².